The van der Waals surface area contributed by atoms with Crippen LogP contribution in [0.2, 0.25) is 0 Å². The zero-order chi connectivity index (χ0) is 16.6. The molecule has 0 unspecified atom stereocenters. The van der Waals surface area contributed by atoms with Crippen LogP contribution < -0.4 is 15.9 Å². The molecule has 0 radical (unpaired) electrons. The van der Waals surface area contributed by atoms with E-state index in [-0.39, 0.29) is 16.7 Å². The molecule has 0 aliphatic heterocycles. The van der Waals surface area contributed by atoms with Crippen LogP contribution in [0.5, 0.6) is 11.5 Å². The molecule has 2 N–H and O–H groups in total. The number of rotatable bonds is 2. The largest absolute Gasteiger partial charge is 0.457 e. The quantitative estimate of drug-likeness (QED) is 0.719. The SMILES string of the molecule is Nc1ccc(Oc2ccc3c(=O)cc(C(F)(F)F)oc3c2)cc1. The smallest absolute Gasteiger partial charge is 0.449 e. The van der Waals surface area contributed by atoms with E-state index in [1.54, 1.807) is 24.3 Å². The molecule has 23 heavy (non-hydrogen) atoms. The van der Waals surface area contributed by atoms with E-state index < -0.39 is 17.4 Å². The molecule has 3 aromatic rings. The van der Waals surface area contributed by atoms with Crippen molar-refractivity contribution in [3.63, 3.8) is 0 Å². The van der Waals surface area contributed by atoms with Gasteiger partial charge in [-0.1, -0.05) is 0 Å². The average molecular weight is 321 g/mol. The Kier molecular flexibility index (Phi) is 3.48. The Bertz CT molecular complexity index is 914. The molecule has 7 heteroatoms. The molecular formula is C16H10F3NO3. The lowest BCUT2D eigenvalue weighted by molar-refractivity contribution is -0.152. The predicted molar refractivity (Wildman–Crippen MR) is 78.4 cm³/mol. The second kappa shape index (κ2) is 5.35. The second-order valence-electron chi connectivity index (χ2n) is 4.80. The number of hydrogen-bond donors (Lipinski definition) is 1. The summed E-state index contributed by atoms with van der Waals surface area (Å²) >= 11 is 0. The van der Waals surface area contributed by atoms with E-state index in [2.05, 4.69) is 0 Å². The number of ether oxygens (including phenoxy) is 1. The minimum atomic E-state index is -4.73. The number of nitrogens with two attached hydrogens (primary N) is 1. The van der Waals surface area contributed by atoms with E-state index in [1.165, 1.54) is 18.2 Å². The topological polar surface area (TPSA) is 65.5 Å². The highest BCUT2D eigenvalue weighted by Gasteiger charge is 2.34. The van der Waals surface area contributed by atoms with Crippen molar-refractivity contribution in [2.24, 2.45) is 0 Å². The van der Waals surface area contributed by atoms with Crippen LogP contribution in [0.3, 0.4) is 0 Å². The Morgan fingerprint density at radius 2 is 1.61 bits per heavy atom. The molecule has 0 bridgehead atoms. The average Bonchev–Trinajstić information content (AvgIpc) is 2.48. The van der Waals surface area contributed by atoms with Crippen molar-refractivity contribution in [1.29, 1.82) is 0 Å². The number of alkyl halides is 3. The van der Waals surface area contributed by atoms with Crippen molar-refractivity contribution in [1.82, 2.24) is 0 Å². The first kappa shape index (κ1) is 15.0. The number of anilines is 1. The van der Waals surface area contributed by atoms with Gasteiger partial charge in [-0.05, 0) is 36.4 Å². The Hall–Kier alpha value is -2.96. The molecule has 0 spiro atoms. The van der Waals surface area contributed by atoms with Crippen LogP contribution in [-0.2, 0) is 6.18 Å². The Labute approximate surface area is 127 Å². The molecule has 3 rings (SSSR count). The van der Waals surface area contributed by atoms with E-state index in [0.29, 0.717) is 17.5 Å². The maximum atomic E-state index is 12.7. The fourth-order valence-electron chi connectivity index (χ4n) is 2.01. The van der Waals surface area contributed by atoms with Gasteiger partial charge in [0, 0.05) is 17.8 Å². The standard InChI is InChI=1S/C16H10F3NO3/c17-16(18,19)15-8-13(21)12-6-5-11(7-14(12)23-15)22-10-3-1-9(20)2-4-10/h1-8H,20H2. The van der Waals surface area contributed by atoms with Gasteiger partial charge < -0.3 is 14.9 Å². The van der Waals surface area contributed by atoms with E-state index in [0.717, 1.165) is 0 Å². The molecule has 0 saturated heterocycles. The molecule has 1 heterocycles. The minimum Gasteiger partial charge on any atom is -0.457 e. The number of fused-ring (bicyclic) bond motifs is 1. The fraction of sp³-hybridized carbons (Fsp3) is 0.0625. The fourth-order valence-corrected chi connectivity index (χ4v) is 2.01. The van der Waals surface area contributed by atoms with Crippen LogP contribution in [0.25, 0.3) is 11.0 Å². The molecule has 0 fully saturated rings. The summed E-state index contributed by atoms with van der Waals surface area (Å²) in [6, 6.07) is 11.0. The van der Waals surface area contributed by atoms with Crippen molar-refractivity contribution < 1.29 is 22.3 Å². The van der Waals surface area contributed by atoms with Gasteiger partial charge in [-0.3, -0.25) is 4.79 Å². The van der Waals surface area contributed by atoms with E-state index in [4.69, 9.17) is 14.9 Å². The van der Waals surface area contributed by atoms with Gasteiger partial charge in [-0.25, -0.2) is 0 Å². The summed E-state index contributed by atoms with van der Waals surface area (Å²) in [4.78, 5) is 11.7. The molecule has 0 amide bonds. The van der Waals surface area contributed by atoms with Gasteiger partial charge in [0.15, 0.2) is 5.43 Å². The summed E-state index contributed by atoms with van der Waals surface area (Å²) in [5, 5.41) is 0.0441. The van der Waals surface area contributed by atoms with Gasteiger partial charge in [0.1, 0.15) is 17.1 Å². The van der Waals surface area contributed by atoms with Gasteiger partial charge in [0.05, 0.1) is 5.39 Å². The lowest BCUT2D eigenvalue weighted by atomic mass is 10.2. The lowest BCUT2D eigenvalue weighted by Crippen LogP contribution is -2.10. The Balaban J connectivity index is 2.03. The van der Waals surface area contributed by atoms with Crippen LogP contribution in [-0.4, -0.2) is 0 Å². The summed E-state index contributed by atoms with van der Waals surface area (Å²) in [7, 11) is 0. The highest BCUT2D eigenvalue weighted by molar-refractivity contribution is 5.78. The molecule has 0 atom stereocenters. The zero-order valence-electron chi connectivity index (χ0n) is 11.6. The van der Waals surface area contributed by atoms with Gasteiger partial charge in [0.2, 0.25) is 5.76 Å². The number of hydrogen-bond acceptors (Lipinski definition) is 4. The molecule has 0 aliphatic carbocycles. The molecule has 0 saturated carbocycles. The van der Waals surface area contributed by atoms with Crippen molar-refractivity contribution in [2.45, 2.75) is 6.18 Å². The maximum Gasteiger partial charge on any atom is 0.449 e. The number of nitrogen functional groups attached to an aromatic ring is 1. The van der Waals surface area contributed by atoms with Crippen molar-refractivity contribution in [2.75, 3.05) is 5.73 Å². The van der Waals surface area contributed by atoms with E-state index in [9.17, 15) is 18.0 Å². The summed E-state index contributed by atoms with van der Waals surface area (Å²) in [6.07, 6.45) is -4.73. The molecule has 1 aromatic heterocycles. The highest BCUT2D eigenvalue weighted by Crippen LogP contribution is 2.31. The zero-order valence-corrected chi connectivity index (χ0v) is 11.6. The first-order valence-corrected chi connectivity index (χ1v) is 6.51. The summed E-state index contributed by atoms with van der Waals surface area (Å²) in [6.45, 7) is 0. The van der Waals surface area contributed by atoms with Crippen LogP contribution in [0.15, 0.2) is 57.7 Å². The normalized spacial score (nSPS) is 11.6. The van der Waals surface area contributed by atoms with E-state index in [1.807, 2.05) is 0 Å². The number of benzene rings is 2. The van der Waals surface area contributed by atoms with Crippen molar-refractivity contribution >= 4 is 16.7 Å². The lowest BCUT2D eigenvalue weighted by Gasteiger charge is -2.09. The maximum absolute atomic E-state index is 12.7. The van der Waals surface area contributed by atoms with Gasteiger partial charge in [-0.2, -0.15) is 13.2 Å². The van der Waals surface area contributed by atoms with Crippen LogP contribution >= 0.6 is 0 Å². The molecular weight excluding hydrogens is 311 g/mol. The predicted octanol–water partition coefficient (Wildman–Crippen LogP) is 4.19. The van der Waals surface area contributed by atoms with Gasteiger partial charge in [-0.15, -0.1) is 0 Å². The van der Waals surface area contributed by atoms with Gasteiger partial charge >= 0.3 is 6.18 Å². The van der Waals surface area contributed by atoms with E-state index >= 15 is 0 Å². The third-order valence-electron chi connectivity index (χ3n) is 3.10. The van der Waals surface area contributed by atoms with Crippen LogP contribution in [0, 0.1) is 0 Å². The van der Waals surface area contributed by atoms with Gasteiger partial charge in [0.25, 0.3) is 0 Å². The van der Waals surface area contributed by atoms with Crippen LogP contribution in [0.1, 0.15) is 5.76 Å². The summed E-state index contributed by atoms with van der Waals surface area (Å²) < 4.78 is 48.4. The van der Waals surface area contributed by atoms with Crippen molar-refractivity contribution in [3.05, 3.63) is 64.5 Å². The Morgan fingerprint density at radius 1 is 0.957 bits per heavy atom. The highest BCUT2D eigenvalue weighted by atomic mass is 19.4. The summed E-state index contributed by atoms with van der Waals surface area (Å²) in [5.74, 6) is -0.655. The summed E-state index contributed by atoms with van der Waals surface area (Å²) in [5.41, 5.74) is 5.15. The van der Waals surface area contributed by atoms with Crippen molar-refractivity contribution in [3.8, 4) is 11.5 Å². The molecule has 118 valence electrons. The second-order valence-corrected chi connectivity index (χ2v) is 4.80. The Morgan fingerprint density at radius 3 is 2.26 bits per heavy atom. The number of halogens is 3. The first-order valence-electron chi connectivity index (χ1n) is 6.51. The molecule has 4 nitrogen and oxygen atoms in total. The molecule has 0 aliphatic rings. The monoisotopic (exact) mass is 321 g/mol. The van der Waals surface area contributed by atoms with Crippen LogP contribution in [0.4, 0.5) is 18.9 Å². The third kappa shape index (κ3) is 3.13. The third-order valence-corrected chi connectivity index (χ3v) is 3.10. The molecule has 2 aromatic carbocycles. The minimum absolute atomic E-state index is 0.0441. The first-order chi connectivity index (χ1) is 10.8.